The summed E-state index contributed by atoms with van der Waals surface area (Å²) in [4.78, 5) is 21.0. The number of ketones is 1. The van der Waals surface area contributed by atoms with Crippen molar-refractivity contribution < 1.29 is 14.3 Å². The first-order valence-electron chi connectivity index (χ1n) is 3.09. The molecule has 0 aliphatic carbocycles. The lowest BCUT2D eigenvalue weighted by Crippen LogP contribution is -2.30. The van der Waals surface area contributed by atoms with Crippen molar-refractivity contribution in [2.75, 3.05) is 6.61 Å². The monoisotopic (exact) mass is 271 g/mol. The van der Waals surface area contributed by atoms with Gasteiger partial charge in [-0.3, -0.25) is 4.79 Å². The number of nitrogens with one attached hydrogen (secondary N) is 1. The molecule has 4 nitrogen and oxygen atoms in total. The molecule has 0 spiro atoms. The van der Waals surface area contributed by atoms with Crippen LogP contribution in [0.4, 0.5) is 4.79 Å². The number of carbonyl (C=O) groups is 2. The number of hydrogen-bond acceptors (Lipinski definition) is 3. The summed E-state index contributed by atoms with van der Waals surface area (Å²) in [6.07, 6.45) is -0.554. The average Bonchev–Trinajstić information content (AvgIpc) is 1.82. The lowest BCUT2D eigenvalue weighted by molar-refractivity contribution is -0.119. The molecule has 0 aliphatic rings. The molecule has 0 radical (unpaired) electrons. The van der Waals surface area contributed by atoms with Crippen molar-refractivity contribution in [1.29, 1.82) is 0 Å². The number of alkyl carbamates (subject to hydrolysis) is 1. The number of amides is 1. The van der Waals surface area contributed by atoms with Crippen molar-refractivity contribution in [1.82, 2.24) is 5.32 Å². The lowest BCUT2D eigenvalue weighted by atomic mass is 10.5. The summed E-state index contributed by atoms with van der Waals surface area (Å²) in [6.45, 7) is 3.01. The van der Waals surface area contributed by atoms with Crippen LogP contribution in [0.5, 0.6) is 0 Å². The number of halogens is 1. The molecule has 0 aromatic carbocycles. The van der Waals surface area contributed by atoms with Crippen LogP contribution in [0.15, 0.2) is 0 Å². The Morgan fingerprint density at radius 3 is 2.55 bits per heavy atom. The van der Waals surface area contributed by atoms with E-state index in [1.807, 2.05) is 22.6 Å². The number of ether oxygens (including phenoxy) is 1. The number of rotatable bonds is 3. The second kappa shape index (κ2) is 5.34. The minimum Gasteiger partial charge on any atom is -0.442 e. The third-order valence-electron chi connectivity index (χ3n) is 0.723. The second-order valence-corrected chi connectivity index (χ2v) is 3.91. The van der Waals surface area contributed by atoms with Crippen LogP contribution in [0.1, 0.15) is 13.8 Å². The zero-order chi connectivity index (χ0) is 8.85. The Morgan fingerprint density at radius 2 is 2.18 bits per heavy atom. The summed E-state index contributed by atoms with van der Waals surface area (Å²) < 4.78 is 4.52. The third kappa shape index (κ3) is 7.57. The number of Topliss-reactive ketones (excluding diaryl/α,β-unsaturated/α-hetero) is 1. The van der Waals surface area contributed by atoms with Gasteiger partial charge in [0.2, 0.25) is 0 Å². The molecule has 0 rings (SSSR count). The predicted octanol–water partition coefficient (Wildman–Crippen LogP) is 1.08. The Kier molecular flexibility index (Phi) is 5.18. The predicted molar refractivity (Wildman–Crippen MR) is 48.6 cm³/mol. The summed E-state index contributed by atoms with van der Waals surface area (Å²) in [5.41, 5.74) is 0. The lowest BCUT2D eigenvalue weighted by Gasteiger charge is -2.06. The SMILES string of the molecule is CC(=O)COC(=O)NC(C)I. The highest BCUT2D eigenvalue weighted by Gasteiger charge is 2.04. The molecule has 1 amide bonds. The Balaban J connectivity index is 3.45. The standard InChI is InChI=1S/C6H10INO3/c1-4(9)3-11-6(10)8-5(2)7/h5H,3H2,1-2H3,(H,8,10). The maximum absolute atomic E-state index is 10.7. The van der Waals surface area contributed by atoms with E-state index >= 15 is 0 Å². The van der Waals surface area contributed by atoms with E-state index in [2.05, 4.69) is 10.1 Å². The van der Waals surface area contributed by atoms with E-state index in [0.717, 1.165) is 0 Å². The molecule has 11 heavy (non-hydrogen) atoms. The molecule has 0 bridgehead atoms. The van der Waals surface area contributed by atoms with Gasteiger partial charge in [0.1, 0.15) is 0 Å². The summed E-state index contributed by atoms with van der Waals surface area (Å²) in [5.74, 6) is -0.165. The van der Waals surface area contributed by atoms with Crippen LogP contribution >= 0.6 is 22.6 Å². The third-order valence-corrected chi connectivity index (χ3v) is 1.03. The van der Waals surface area contributed by atoms with Crippen LogP contribution in [-0.2, 0) is 9.53 Å². The smallest absolute Gasteiger partial charge is 0.408 e. The van der Waals surface area contributed by atoms with Crippen molar-refractivity contribution in [3.05, 3.63) is 0 Å². The quantitative estimate of drug-likeness (QED) is 0.475. The average molecular weight is 271 g/mol. The summed E-state index contributed by atoms with van der Waals surface area (Å²) in [5, 5.41) is 2.47. The van der Waals surface area contributed by atoms with Crippen molar-refractivity contribution in [2.24, 2.45) is 0 Å². The first kappa shape index (κ1) is 10.7. The fraction of sp³-hybridized carbons (Fsp3) is 0.667. The molecule has 5 heteroatoms. The van der Waals surface area contributed by atoms with Gasteiger partial charge in [-0.25, -0.2) is 4.79 Å². The number of hydrogen-bond donors (Lipinski definition) is 1. The first-order chi connectivity index (χ1) is 5.02. The largest absolute Gasteiger partial charge is 0.442 e. The van der Waals surface area contributed by atoms with Gasteiger partial charge in [0.15, 0.2) is 12.4 Å². The molecular formula is C6H10INO3. The fourth-order valence-electron chi connectivity index (χ4n) is 0.371. The molecule has 0 fully saturated rings. The van der Waals surface area contributed by atoms with E-state index in [0.29, 0.717) is 0 Å². The summed E-state index contributed by atoms with van der Waals surface area (Å²) in [6, 6.07) is 0. The van der Waals surface area contributed by atoms with Crippen molar-refractivity contribution in [2.45, 2.75) is 17.9 Å². The Morgan fingerprint density at radius 1 is 1.64 bits per heavy atom. The topological polar surface area (TPSA) is 55.4 Å². The van der Waals surface area contributed by atoms with Gasteiger partial charge < -0.3 is 10.1 Å². The first-order valence-corrected chi connectivity index (χ1v) is 4.33. The van der Waals surface area contributed by atoms with Gasteiger partial charge in [0, 0.05) is 0 Å². The highest BCUT2D eigenvalue weighted by atomic mass is 127. The van der Waals surface area contributed by atoms with Gasteiger partial charge >= 0.3 is 6.09 Å². The van der Waals surface area contributed by atoms with Crippen LogP contribution in [0, 0.1) is 0 Å². The number of carbonyl (C=O) groups excluding carboxylic acids is 2. The van der Waals surface area contributed by atoms with E-state index in [-0.39, 0.29) is 16.4 Å². The minimum atomic E-state index is -0.554. The minimum absolute atomic E-state index is 0.00654. The maximum atomic E-state index is 10.7. The van der Waals surface area contributed by atoms with E-state index in [9.17, 15) is 9.59 Å². The van der Waals surface area contributed by atoms with Crippen LogP contribution in [0.25, 0.3) is 0 Å². The Bertz CT molecular complexity index is 158. The van der Waals surface area contributed by atoms with Crippen LogP contribution < -0.4 is 5.32 Å². The molecule has 64 valence electrons. The molecule has 0 saturated carbocycles. The van der Waals surface area contributed by atoms with Gasteiger partial charge in [-0.2, -0.15) is 0 Å². The van der Waals surface area contributed by atoms with Crippen LogP contribution in [0.3, 0.4) is 0 Å². The Labute approximate surface area is 78.8 Å². The molecule has 1 atom stereocenters. The normalized spacial score (nSPS) is 11.9. The summed E-state index contributed by atoms with van der Waals surface area (Å²) in [7, 11) is 0. The van der Waals surface area contributed by atoms with Crippen molar-refractivity contribution in [3.8, 4) is 0 Å². The van der Waals surface area contributed by atoms with E-state index in [4.69, 9.17) is 0 Å². The zero-order valence-corrected chi connectivity index (χ0v) is 8.54. The highest BCUT2D eigenvalue weighted by Crippen LogP contribution is 1.92. The summed E-state index contributed by atoms with van der Waals surface area (Å²) >= 11 is 2.02. The van der Waals surface area contributed by atoms with Gasteiger partial charge in [-0.15, -0.1) is 0 Å². The van der Waals surface area contributed by atoms with E-state index in [1.54, 1.807) is 6.92 Å². The van der Waals surface area contributed by atoms with E-state index in [1.165, 1.54) is 6.92 Å². The Hall–Kier alpha value is -0.330. The molecular weight excluding hydrogens is 261 g/mol. The van der Waals surface area contributed by atoms with Gasteiger partial charge in [-0.05, 0) is 13.8 Å². The second-order valence-electron chi connectivity index (χ2n) is 2.04. The van der Waals surface area contributed by atoms with Crippen molar-refractivity contribution in [3.63, 3.8) is 0 Å². The molecule has 1 N–H and O–H groups in total. The van der Waals surface area contributed by atoms with Gasteiger partial charge in [-0.1, -0.05) is 22.6 Å². The van der Waals surface area contributed by atoms with Gasteiger partial charge in [0.05, 0.1) is 4.05 Å². The zero-order valence-electron chi connectivity index (χ0n) is 6.39. The van der Waals surface area contributed by atoms with Gasteiger partial charge in [0.25, 0.3) is 0 Å². The van der Waals surface area contributed by atoms with Crippen LogP contribution in [-0.4, -0.2) is 22.5 Å². The number of alkyl halides is 1. The highest BCUT2D eigenvalue weighted by molar-refractivity contribution is 14.1. The molecule has 0 aromatic rings. The van der Waals surface area contributed by atoms with Crippen molar-refractivity contribution >= 4 is 34.5 Å². The molecule has 0 saturated heterocycles. The molecule has 0 heterocycles. The van der Waals surface area contributed by atoms with Crippen LogP contribution in [0.2, 0.25) is 0 Å². The molecule has 0 aliphatic heterocycles. The molecule has 1 unspecified atom stereocenters. The van der Waals surface area contributed by atoms with E-state index < -0.39 is 6.09 Å². The maximum Gasteiger partial charge on any atom is 0.408 e. The molecule has 0 aromatic heterocycles. The fourth-order valence-corrected chi connectivity index (χ4v) is 0.626.